The number of hydrogen-bond donors (Lipinski definition) is 2. The van der Waals surface area contributed by atoms with Gasteiger partial charge in [0.1, 0.15) is 40.6 Å². The van der Waals surface area contributed by atoms with Crippen LogP contribution in [0.25, 0.3) is 22.6 Å². The van der Waals surface area contributed by atoms with Gasteiger partial charge in [-0.05, 0) is 248 Å². The van der Waals surface area contributed by atoms with Crippen LogP contribution in [0.5, 0.6) is 0 Å². The van der Waals surface area contributed by atoms with Crippen molar-refractivity contribution in [3.8, 4) is 0 Å². The lowest BCUT2D eigenvalue weighted by molar-refractivity contribution is 0.0592. The maximum absolute atomic E-state index is 14.5. The molecule has 12 aromatic rings. The molecule has 672 valence electrons. The molecule has 2 N–H and O–H groups in total. The van der Waals surface area contributed by atoms with Gasteiger partial charge in [-0.3, -0.25) is 29.4 Å². The zero-order valence-electron chi connectivity index (χ0n) is 75.9. The summed E-state index contributed by atoms with van der Waals surface area (Å²) in [6.07, 6.45) is 30.2. The van der Waals surface area contributed by atoms with Gasteiger partial charge in [0.15, 0.2) is 28.3 Å². The minimum Gasteiger partial charge on any atom is -0.356 e. The summed E-state index contributed by atoms with van der Waals surface area (Å²) in [4.78, 5) is 90.4. The number of rotatable bonds is 13. The summed E-state index contributed by atoms with van der Waals surface area (Å²) in [6, 6.07) is 19.2. The van der Waals surface area contributed by atoms with Gasteiger partial charge in [-0.25, -0.2) is 46.8 Å². The van der Waals surface area contributed by atoms with Gasteiger partial charge in [-0.2, -0.15) is 30.6 Å². The Morgan fingerprint density at radius 3 is 1.15 bits per heavy atom. The molecule has 0 radical (unpaired) electrons. The molecule has 28 nitrogen and oxygen atoms in total. The molecule has 10 aromatic heterocycles. The molecule has 0 unspecified atom stereocenters. The summed E-state index contributed by atoms with van der Waals surface area (Å²) >= 11 is 0. The number of likely N-dealkylation sites (tertiary alicyclic amines) is 4. The highest BCUT2D eigenvalue weighted by Crippen LogP contribution is 2.43. The van der Waals surface area contributed by atoms with E-state index in [0.717, 1.165) is 275 Å². The second kappa shape index (κ2) is 36.1. The zero-order chi connectivity index (χ0) is 88.4. The summed E-state index contributed by atoms with van der Waals surface area (Å²) in [5.41, 5.74) is 17.8. The quantitative estimate of drug-likeness (QED) is 0.109. The van der Waals surface area contributed by atoms with Crippen molar-refractivity contribution in [3.05, 3.63) is 199 Å². The van der Waals surface area contributed by atoms with Gasteiger partial charge < -0.3 is 39.2 Å². The molecule has 2 aliphatic carbocycles. The van der Waals surface area contributed by atoms with E-state index in [-0.39, 0.29) is 59.2 Å². The lowest BCUT2D eigenvalue weighted by Gasteiger charge is -2.34. The number of piperidine rings is 4. The molecule has 30 heteroatoms. The number of halogens is 2. The van der Waals surface area contributed by atoms with E-state index in [9.17, 15) is 28.0 Å². The highest BCUT2D eigenvalue weighted by Gasteiger charge is 2.40. The van der Waals surface area contributed by atoms with E-state index in [1.165, 1.54) is 50.7 Å². The van der Waals surface area contributed by atoms with Crippen molar-refractivity contribution in [2.45, 2.75) is 234 Å². The Labute approximate surface area is 746 Å². The van der Waals surface area contributed by atoms with Crippen LogP contribution >= 0.6 is 0 Å². The van der Waals surface area contributed by atoms with Crippen LogP contribution in [0.1, 0.15) is 295 Å². The Morgan fingerprint density at radius 1 is 0.367 bits per heavy atom. The number of benzene rings is 2. The van der Waals surface area contributed by atoms with E-state index in [4.69, 9.17) is 40.3 Å². The summed E-state index contributed by atoms with van der Waals surface area (Å²) in [5, 5.41) is 34.3. The maximum Gasteiger partial charge on any atom is 0.275 e. The minimum absolute atomic E-state index is 0.00536. The molecule has 22 rings (SSSR count). The van der Waals surface area contributed by atoms with E-state index in [1.54, 1.807) is 36.1 Å². The molecule has 8 aliphatic heterocycles. The van der Waals surface area contributed by atoms with Crippen LogP contribution in [0.15, 0.2) is 91.5 Å². The normalized spacial score (nSPS) is 22.6. The molecule has 8 saturated heterocycles. The van der Waals surface area contributed by atoms with E-state index in [2.05, 4.69) is 120 Å². The Hall–Kier alpha value is -11.7. The van der Waals surface area contributed by atoms with E-state index in [1.807, 2.05) is 70.3 Å². The summed E-state index contributed by atoms with van der Waals surface area (Å²) in [7, 11) is 0. The Bertz CT molecular complexity index is 6150. The number of carbonyl (C=O) groups excluding carboxylic acids is 4. The first-order valence-electron chi connectivity index (χ1n) is 47.3. The van der Waals surface area contributed by atoms with Crippen molar-refractivity contribution in [2.75, 3.05) is 98.1 Å². The van der Waals surface area contributed by atoms with Crippen molar-refractivity contribution < 1.29 is 28.0 Å². The lowest BCUT2D eigenvalue weighted by Crippen LogP contribution is -2.39. The van der Waals surface area contributed by atoms with Gasteiger partial charge in [-0.15, -0.1) is 0 Å². The highest BCUT2D eigenvalue weighted by atomic mass is 19.1. The maximum atomic E-state index is 14.5. The molecule has 8 atom stereocenters. The number of carbonyl (C=O) groups is 4. The van der Waals surface area contributed by atoms with Crippen LogP contribution in [0.2, 0.25) is 0 Å². The van der Waals surface area contributed by atoms with Crippen molar-refractivity contribution in [1.29, 1.82) is 0 Å². The third kappa shape index (κ3) is 17.5. The molecule has 0 spiro atoms. The summed E-state index contributed by atoms with van der Waals surface area (Å²) in [5.74, 6) is 6.49. The molecular formula is C98H122F2N24O4. The fourth-order valence-electron chi connectivity index (χ4n) is 21.2. The van der Waals surface area contributed by atoms with Crippen molar-refractivity contribution in [2.24, 2.45) is 23.7 Å². The average molecular weight is 1740 g/mol. The first-order valence-corrected chi connectivity index (χ1v) is 47.3. The number of amides is 4. The second-order valence-corrected chi connectivity index (χ2v) is 38.7. The molecule has 9 fully saturated rings. The number of nitrogens with zero attached hydrogens (tertiary/aromatic N) is 22. The molecule has 0 bridgehead atoms. The molecule has 128 heavy (non-hydrogen) atoms. The predicted octanol–water partition coefficient (Wildman–Crippen LogP) is 16.7. The molecule has 18 heterocycles. The Morgan fingerprint density at radius 2 is 0.766 bits per heavy atom. The summed E-state index contributed by atoms with van der Waals surface area (Å²) in [6.45, 7) is 32.2. The predicted molar refractivity (Wildman–Crippen MR) is 489 cm³/mol. The fourth-order valence-corrected chi connectivity index (χ4v) is 21.2. The third-order valence-corrected chi connectivity index (χ3v) is 28.4. The Kier molecular flexibility index (Phi) is 24.2. The molecular weight excluding hydrogens is 1620 g/mol. The van der Waals surface area contributed by atoms with Crippen molar-refractivity contribution >= 4 is 69.5 Å². The second-order valence-electron chi connectivity index (χ2n) is 38.7. The monoisotopic (exact) mass is 1740 g/mol. The smallest absolute Gasteiger partial charge is 0.275 e. The van der Waals surface area contributed by atoms with Crippen LogP contribution in [-0.4, -0.2) is 201 Å². The van der Waals surface area contributed by atoms with Crippen molar-refractivity contribution in [3.63, 3.8) is 0 Å². The van der Waals surface area contributed by atoms with E-state index >= 15 is 0 Å². The van der Waals surface area contributed by atoms with Crippen LogP contribution in [0.4, 0.5) is 32.1 Å². The van der Waals surface area contributed by atoms with Crippen LogP contribution < -0.4 is 19.6 Å². The largest absolute Gasteiger partial charge is 0.356 e. The number of H-pyrrole nitrogens is 2. The molecule has 2 aromatic carbocycles. The standard InChI is InChI=1S/2C25H30FN5O.2C24H31N7O/c1-16-9-11-29(14-16)24-18(3)15-31-23(27-24)13-21(28-31)22-6-4-5-10-30(22)25(32)19-7-8-20(26)17(2)12-19;1-16-7-8-19(20(26)12-16)25(32)30-10-5-4-6-22(30)21-13-23-27-24(18(3)15-31(23)28-21)29-11-9-17(2)14-29;1-15-9-11-29(13-15)23-16(2)14-31-21(25-23)12-19(28-31)20-8-3-4-10-30(20)24(32)22-17-6-5-7-18(17)26-27-22;1-15-8-10-29(13-15)23-16(2)14-31-22(25-23)12-19(28-31)21-5-3-4-9-30(21)24(32)20-11-18(26-27-20)17-6-7-17/h7-8,12-13,15-16,22H,4-6,9-11,14H2,1-3H3;7-8,12-13,15,17,22H,4-6,9-11,14H2,1-3H3;12,14-15,20H,3-11,13H2,1-2H3,(H,26,27);11-12,14-15,17,21H,3-10,13H2,1-2H3,(H,26,27)/t16-,22-;17-,22-;15-,20-;15-,21-/m0000/s1. The minimum atomic E-state index is -0.462. The van der Waals surface area contributed by atoms with Gasteiger partial charge in [0, 0.05) is 178 Å². The fraction of sp³-hybridized carbons (Fsp3) is 0.531. The molecule has 4 amide bonds. The lowest BCUT2D eigenvalue weighted by atomic mass is 9.98. The van der Waals surface area contributed by atoms with Crippen LogP contribution in [0, 0.1) is 76.8 Å². The first-order chi connectivity index (χ1) is 61.9. The number of fused-ring (bicyclic) bond motifs is 5. The number of hydrogen-bond acceptors (Lipinski definition) is 18. The first kappa shape index (κ1) is 85.7. The third-order valence-electron chi connectivity index (χ3n) is 28.4. The number of aryl methyl sites for hydroxylation is 7. The molecule has 1 saturated carbocycles. The van der Waals surface area contributed by atoms with Gasteiger partial charge in [0.05, 0.1) is 52.5 Å². The topological polar surface area (TPSA) is 272 Å². The SMILES string of the molecule is Cc1cc(C(=O)N2CCCC[C@H]2c2cc3nc(N4CC[C@H](C)C4)c(C)cn3n2)ccc1F.Cc1ccc(C(=O)N2CCCC[C@H]2c2cc3nc(N4CC[C@H](C)C4)c(C)cn3n2)c(F)c1.Cc1cn2nc([C@@H]3CCCCN3C(=O)c3cc(C4CC4)[nH]n3)cc2nc1N1CC[C@H](C)C1.Cc1cn2nc([C@@H]3CCCCN3C(=O)c3n[nH]c4c3CCC4)cc2nc1N1CC[C@H](C)C1. The zero-order valence-corrected chi connectivity index (χ0v) is 75.9. The summed E-state index contributed by atoms with van der Waals surface area (Å²) < 4.78 is 35.7. The van der Waals surface area contributed by atoms with Gasteiger partial charge in [0.2, 0.25) is 0 Å². The Balaban J connectivity index is 0.000000111. The van der Waals surface area contributed by atoms with Crippen molar-refractivity contribution in [1.82, 2.24) is 98.4 Å². The van der Waals surface area contributed by atoms with E-state index in [0.29, 0.717) is 65.2 Å². The number of aromatic nitrogens is 16. The van der Waals surface area contributed by atoms with Crippen LogP contribution in [-0.2, 0) is 12.8 Å². The van der Waals surface area contributed by atoms with E-state index < -0.39 is 5.82 Å². The van der Waals surface area contributed by atoms with Gasteiger partial charge in [0.25, 0.3) is 23.6 Å². The van der Waals surface area contributed by atoms with Gasteiger partial charge >= 0.3 is 0 Å². The van der Waals surface area contributed by atoms with Gasteiger partial charge in [-0.1, -0.05) is 33.8 Å². The van der Waals surface area contributed by atoms with Crippen LogP contribution in [0.3, 0.4) is 0 Å². The number of anilines is 4. The average Bonchev–Trinajstić information content (AvgIpc) is 1.64. The molecule has 10 aliphatic rings. The number of aromatic amines is 2. The number of nitrogens with one attached hydrogen (secondary N) is 2. The highest BCUT2D eigenvalue weighted by molar-refractivity contribution is 5.96.